The quantitative estimate of drug-likeness (QED) is 0.672. The van der Waals surface area contributed by atoms with Gasteiger partial charge < -0.3 is 10.0 Å². The smallest absolute Gasteiger partial charge is 0.0889 e. The highest BCUT2D eigenvalue weighted by Gasteiger charge is 2.24. The first kappa shape index (κ1) is 7.62. The minimum atomic E-state index is -0.121. The van der Waals surface area contributed by atoms with Crippen molar-refractivity contribution in [3.05, 3.63) is 29.8 Å². The van der Waals surface area contributed by atoms with Gasteiger partial charge in [0.25, 0.3) is 0 Å². The lowest BCUT2D eigenvalue weighted by Gasteiger charge is -2.38. The molecule has 12 heavy (non-hydrogen) atoms. The molecular weight excluding hydrogens is 150 g/mol. The standard InChI is InChI=1S/C10H13NO/c1-8-4-2-3-5-10(8)11-6-9(12)7-11/h2-5,9,12H,6-7H2,1H3. The van der Waals surface area contributed by atoms with Gasteiger partial charge in [-0.1, -0.05) is 18.2 Å². The molecule has 1 aromatic carbocycles. The second-order valence-electron chi connectivity index (χ2n) is 3.35. The molecule has 2 heteroatoms. The number of benzene rings is 1. The molecule has 1 aliphatic heterocycles. The Balaban J connectivity index is 2.18. The molecule has 0 radical (unpaired) electrons. The Bertz CT molecular complexity index is 279. The highest BCUT2D eigenvalue weighted by Crippen LogP contribution is 2.23. The van der Waals surface area contributed by atoms with Crippen molar-refractivity contribution in [2.75, 3.05) is 18.0 Å². The van der Waals surface area contributed by atoms with Crippen molar-refractivity contribution in [3.63, 3.8) is 0 Å². The van der Waals surface area contributed by atoms with Gasteiger partial charge in [0.1, 0.15) is 0 Å². The molecule has 0 aliphatic carbocycles. The minimum Gasteiger partial charge on any atom is -0.389 e. The molecule has 1 N–H and O–H groups in total. The molecule has 2 nitrogen and oxygen atoms in total. The summed E-state index contributed by atoms with van der Waals surface area (Å²) in [5.41, 5.74) is 2.53. The number of nitrogens with zero attached hydrogens (tertiary/aromatic N) is 1. The topological polar surface area (TPSA) is 23.5 Å². The number of para-hydroxylation sites is 1. The molecule has 1 aromatic rings. The van der Waals surface area contributed by atoms with Crippen LogP contribution in [0, 0.1) is 6.92 Å². The van der Waals surface area contributed by atoms with Crippen LogP contribution in [0.15, 0.2) is 24.3 Å². The number of β-amino-alcohol motifs (C(OH)–C–C–N with tert-alkyl or cyclic N) is 1. The maximum atomic E-state index is 9.13. The van der Waals surface area contributed by atoms with Crippen LogP contribution in [0.1, 0.15) is 5.56 Å². The molecule has 2 rings (SSSR count). The van der Waals surface area contributed by atoms with Crippen LogP contribution in [0.2, 0.25) is 0 Å². The van der Waals surface area contributed by atoms with Crippen molar-refractivity contribution in [1.29, 1.82) is 0 Å². The third kappa shape index (κ3) is 1.18. The summed E-state index contributed by atoms with van der Waals surface area (Å²) in [6.45, 7) is 3.66. The fourth-order valence-corrected chi connectivity index (χ4v) is 1.57. The largest absolute Gasteiger partial charge is 0.389 e. The van der Waals surface area contributed by atoms with Crippen molar-refractivity contribution >= 4 is 5.69 Å². The number of aliphatic hydroxyl groups excluding tert-OH is 1. The molecule has 0 spiro atoms. The summed E-state index contributed by atoms with van der Waals surface area (Å²) in [4.78, 5) is 2.19. The molecule has 0 saturated carbocycles. The summed E-state index contributed by atoms with van der Waals surface area (Å²) in [5, 5.41) is 9.13. The van der Waals surface area contributed by atoms with Crippen LogP contribution in [-0.2, 0) is 0 Å². The number of aliphatic hydroxyl groups is 1. The summed E-state index contributed by atoms with van der Waals surface area (Å²) in [7, 11) is 0. The second kappa shape index (κ2) is 2.79. The van der Waals surface area contributed by atoms with E-state index in [9.17, 15) is 0 Å². The van der Waals surface area contributed by atoms with Gasteiger partial charge in [0.05, 0.1) is 6.10 Å². The lowest BCUT2D eigenvalue weighted by atomic mass is 10.1. The van der Waals surface area contributed by atoms with E-state index in [-0.39, 0.29) is 6.10 Å². The van der Waals surface area contributed by atoms with E-state index in [1.165, 1.54) is 11.3 Å². The molecule has 0 bridgehead atoms. The van der Waals surface area contributed by atoms with E-state index in [0.29, 0.717) is 0 Å². The zero-order chi connectivity index (χ0) is 8.55. The summed E-state index contributed by atoms with van der Waals surface area (Å²) >= 11 is 0. The van der Waals surface area contributed by atoms with Crippen LogP contribution in [0.3, 0.4) is 0 Å². The second-order valence-corrected chi connectivity index (χ2v) is 3.35. The molecule has 0 unspecified atom stereocenters. The van der Waals surface area contributed by atoms with Gasteiger partial charge in [-0.15, -0.1) is 0 Å². The SMILES string of the molecule is Cc1ccccc1N1CC(O)C1. The average Bonchev–Trinajstić information content (AvgIpc) is 2.01. The van der Waals surface area contributed by atoms with E-state index >= 15 is 0 Å². The van der Waals surface area contributed by atoms with E-state index in [2.05, 4.69) is 24.0 Å². The van der Waals surface area contributed by atoms with E-state index in [1.54, 1.807) is 0 Å². The van der Waals surface area contributed by atoms with Gasteiger partial charge in [-0.2, -0.15) is 0 Å². The number of hydrogen-bond acceptors (Lipinski definition) is 2. The van der Waals surface area contributed by atoms with Gasteiger partial charge >= 0.3 is 0 Å². The van der Waals surface area contributed by atoms with E-state index in [1.807, 2.05) is 12.1 Å². The van der Waals surface area contributed by atoms with Crippen LogP contribution >= 0.6 is 0 Å². The van der Waals surface area contributed by atoms with Gasteiger partial charge in [0.15, 0.2) is 0 Å². The first-order valence-electron chi connectivity index (χ1n) is 4.26. The normalized spacial score (nSPS) is 17.7. The van der Waals surface area contributed by atoms with E-state index < -0.39 is 0 Å². The minimum absolute atomic E-state index is 0.121. The summed E-state index contributed by atoms with van der Waals surface area (Å²) < 4.78 is 0. The van der Waals surface area contributed by atoms with Gasteiger partial charge in [-0.3, -0.25) is 0 Å². The van der Waals surface area contributed by atoms with E-state index in [0.717, 1.165) is 13.1 Å². The lowest BCUT2D eigenvalue weighted by molar-refractivity contribution is 0.142. The van der Waals surface area contributed by atoms with Crippen molar-refractivity contribution < 1.29 is 5.11 Å². The summed E-state index contributed by atoms with van der Waals surface area (Å²) in [5.74, 6) is 0. The fraction of sp³-hybridized carbons (Fsp3) is 0.400. The number of aryl methyl sites for hydroxylation is 1. The monoisotopic (exact) mass is 163 g/mol. The summed E-state index contributed by atoms with van der Waals surface area (Å²) in [6.07, 6.45) is -0.121. The third-order valence-electron chi connectivity index (χ3n) is 2.32. The Hall–Kier alpha value is -1.02. The van der Waals surface area contributed by atoms with Crippen LogP contribution < -0.4 is 4.90 Å². The van der Waals surface area contributed by atoms with Crippen LogP contribution in [-0.4, -0.2) is 24.3 Å². The van der Waals surface area contributed by atoms with Crippen LogP contribution in [0.25, 0.3) is 0 Å². The lowest BCUT2D eigenvalue weighted by Crippen LogP contribution is -2.51. The Morgan fingerprint density at radius 1 is 1.33 bits per heavy atom. The number of anilines is 1. The highest BCUT2D eigenvalue weighted by molar-refractivity contribution is 5.55. The zero-order valence-corrected chi connectivity index (χ0v) is 7.20. The van der Waals surface area contributed by atoms with Crippen molar-refractivity contribution in [3.8, 4) is 0 Å². The van der Waals surface area contributed by atoms with Gasteiger partial charge in [0, 0.05) is 18.8 Å². The maximum Gasteiger partial charge on any atom is 0.0889 e. The van der Waals surface area contributed by atoms with Gasteiger partial charge in [0.2, 0.25) is 0 Å². The molecule has 1 aliphatic rings. The van der Waals surface area contributed by atoms with Crippen molar-refractivity contribution in [2.45, 2.75) is 13.0 Å². The number of rotatable bonds is 1. The Kier molecular flexibility index (Phi) is 1.77. The predicted octanol–water partition coefficient (Wildman–Crippen LogP) is 1.18. The highest BCUT2D eigenvalue weighted by atomic mass is 16.3. The Morgan fingerprint density at radius 2 is 2.00 bits per heavy atom. The fourth-order valence-electron chi connectivity index (χ4n) is 1.57. The molecule has 1 saturated heterocycles. The first-order valence-corrected chi connectivity index (χ1v) is 4.26. The Morgan fingerprint density at radius 3 is 2.58 bits per heavy atom. The summed E-state index contributed by atoms with van der Waals surface area (Å²) in [6, 6.07) is 8.27. The molecule has 1 heterocycles. The average molecular weight is 163 g/mol. The van der Waals surface area contributed by atoms with Crippen molar-refractivity contribution in [2.24, 2.45) is 0 Å². The van der Waals surface area contributed by atoms with Crippen LogP contribution in [0.5, 0.6) is 0 Å². The molecule has 0 aromatic heterocycles. The molecule has 64 valence electrons. The predicted molar refractivity (Wildman–Crippen MR) is 49.4 cm³/mol. The Labute approximate surface area is 72.4 Å². The molecule has 1 fully saturated rings. The first-order chi connectivity index (χ1) is 5.77. The zero-order valence-electron chi connectivity index (χ0n) is 7.20. The van der Waals surface area contributed by atoms with E-state index in [4.69, 9.17) is 5.11 Å². The van der Waals surface area contributed by atoms with Crippen LogP contribution in [0.4, 0.5) is 5.69 Å². The third-order valence-corrected chi connectivity index (χ3v) is 2.32. The molecule has 0 amide bonds. The maximum absolute atomic E-state index is 9.13. The molecular formula is C10H13NO. The van der Waals surface area contributed by atoms with Gasteiger partial charge in [-0.05, 0) is 18.6 Å². The van der Waals surface area contributed by atoms with Crippen molar-refractivity contribution in [1.82, 2.24) is 0 Å². The number of hydrogen-bond donors (Lipinski definition) is 1. The molecule has 0 atom stereocenters. The van der Waals surface area contributed by atoms with Gasteiger partial charge in [-0.25, -0.2) is 0 Å².